The van der Waals surface area contributed by atoms with E-state index in [2.05, 4.69) is 4.98 Å². The molecule has 0 radical (unpaired) electrons. The van der Waals surface area contributed by atoms with E-state index in [4.69, 9.17) is 16.0 Å². The van der Waals surface area contributed by atoms with Crippen LogP contribution >= 0.6 is 22.9 Å². The molecule has 1 aliphatic heterocycles. The Labute approximate surface area is 169 Å². The number of likely N-dealkylation sites (tertiary alicyclic amines) is 1. The third kappa shape index (κ3) is 3.65. The van der Waals surface area contributed by atoms with Gasteiger partial charge in [-0.3, -0.25) is 14.9 Å². The van der Waals surface area contributed by atoms with E-state index in [9.17, 15) is 14.9 Å². The average Bonchev–Trinajstić information content (AvgIpc) is 3.40. The normalized spacial score (nSPS) is 15.0. The van der Waals surface area contributed by atoms with Crippen molar-refractivity contribution in [2.45, 2.75) is 18.8 Å². The van der Waals surface area contributed by atoms with Crippen molar-refractivity contribution in [1.82, 2.24) is 9.88 Å². The molecule has 28 heavy (non-hydrogen) atoms. The number of nitro benzene ring substituents is 1. The Morgan fingerprint density at radius 3 is 2.79 bits per heavy atom. The molecular formula is C19H16ClN3O4S. The minimum atomic E-state index is -0.494. The van der Waals surface area contributed by atoms with Crippen LogP contribution in [0.2, 0.25) is 5.02 Å². The molecular weight excluding hydrogens is 402 g/mol. The average molecular weight is 418 g/mol. The van der Waals surface area contributed by atoms with E-state index in [1.807, 2.05) is 10.3 Å². The zero-order valence-corrected chi connectivity index (χ0v) is 16.3. The van der Waals surface area contributed by atoms with E-state index in [1.165, 1.54) is 24.7 Å². The molecule has 1 fully saturated rings. The summed E-state index contributed by atoms with van der Waals surface area (Å²) >= 11 is 7.43. The summed E-state index contributed by atoms with van der Waals surface area (Å²) in [5, 5.41) is 14.1. The second kappa shape index (κ2) is 7.73. The number of piperidine rings is 1. The highest BCUT2D eigenvalue weighted by molar-refractivity contribution is 7.10. The molecule has 1 amide bonds. The first kappa shape index (κ1) is 18.6. The summed E-state index contributed by atoms with van der Waals surface area (Å²) < 4.78 is 4.99. The number of rotatable bonds is 4. The molecule has 1 saturated heterocycles. The molecule has 0 aliphatic carbocycles. The number of carbonyl (C=O) groups is 1. The van der Waals surface area contributed by atoms with E-state index in [-0.39, 0.29) is 22.5 Å². The lowest BCUT2D eigenvalue weighted by atomic mass is 9.97. The van der Waals surface area contributed by atoms with Crippen LogP contribution < -0.4 is 0 Å². The van der Waals surface area contributed by atoms with Crippen LogP contribution in [0.4, 0.5) is 5.69 Å². The SMILES string of the molecule is O=C(c1ccoc1)N1CCC(c2nc(-c3ccc(Cl)c([N+](=O)[O-])c3)cs2)CC1. The van der Waals surface area contributed by atoms with Crippen LogP contribution in [-0.4, -0.2) is 33.8 Å². The number of nitro groups is 1. The van der Waals surface area contributed by atoms with Crippen LogP contribution in [0, 0.1) is 10.1 Å². The number of hydrogen-bond acceptors (Lipinski definition) is 6. The van der Waals surface area contributed by atoms with E-state index in [1.54, 1.807) is 23.5 Å². The first-order valence-corrected chi connectivity index (χ1v) is 10.00. The number of furan rings is 1. The smallest absolute Gasteiger partial charge is 0.288 e. The summed E-state index contributed by atoms with van der Waals surface area (Å²) in [6, 6.07) is 6.38. The highest BCUT2D eigenvalue weighted by Gasteiger charge is 2.27. The first-order valence-electron chi connectivity index (χ1n) is 8.74. The number of thiazole rings is 1. The molecule has 0 bridgehead atoms. The summed E-state index contributed by atoms with van der Waals surface area (Å²) in [6.07, 6.45) is 4.62. The Kier molecular flexibility index (Phi) is 5.15. The predicted octanol–water partition coefficient (Wildman–Crippen LogP) is 4.98. The summed E-state index contributed by atoms with van der Waals surface area (Å²) in [5.74, 6) is 0.259. The Balaban J connectivity index is 1.45. The van der Waals surface area contributed by atoms with Crippen molar-refractivity contribution in [2.75, 3.05) is 13.1 Å². The van der Waals surface area contributed by atoms with Crippen molar-refractivity contribution in [1.29, 1.82) is 0 Å². The van der Waals surface area contributed by atoms with Gasteiger partial charge in [0.2, 0.25) is 0 Å². The Morgan fingerprint density at radius 1 is 1.32 bits per heavy atom. The zero-order chi connectivity index (χ0) is 19.7. The van der Waals surface area contributed by atoms with Gasteiger partial charge in [-0.05, 0) is 25.0 Å². The van der Waals surface area contributed by atoms with Crippen LogP contribution in [0.5, 0.6) is 0 Å². The second-order valence-electron chi connectivity index (χ2n) is 6.57. The van der Waals surface area contributed by atoms with Gasteiger partial charge in [-0.25, -0.2) is 4.98 Å². The van der Waals surface area contributed by atoms with Crippen LogP contribution in [0.15, 0.2) is 46.6 Å². The molecule has 2 aromatic heterocycles. The van der Waals surface area contributed by atoms with Gasteiger partial charge in [-0.1, -0.05) is 17.7 Å². The highest BCUT2D eigenvalue weighted by atomic mass is 35.5. The van der Waals surface area contributed by atoms with Crippen molar-refractivity contribution >= 4 is 34.5 Å². The van der Waals surface area contributed by atoms with Crippen molar-refractivity contribution in [3.05, 3.63) is 67.9 Å². The fraction of sp³-hybridized carbons (Fsp3) is 0.263. The van der Waals surface area contributed by atoms with Crippen molar-refractivity contribution in [2.24, 2.45) is 0 Å². The van der Waals surface area contributed by atoms with E-state index in [0.29, 0.717) is 29.9 Å². The molecule has 1 aromatic carbocycles. The van der Waals surface area contributed by atoms with Gasteiger partial charge >= 0.3 is 0 Å². The topological polar surface area (TPSA) is 89.5 Å². The highest BCUT2D eigenvalue weighted by Crippen LogP contribution is 2.35. The van der Waals surface area contributed by atoms with Gasteiger partial charge in [0.1, 0.15) is 11.3 Å². The molecule has 3 aromatic rings. The fourth-order valence-electron chi connectivity index (χ4n) is 3.32. The summed E-state index contributed by atoms with van der Waals surface area (Å²) in [7, 11) is 0. The number of benzene rings is 1. The van der Waals surface area contributed by atoms with Gasteiger partial charge < -0.3 is 9.32 Å². The summed E-state index contributed by atoms with van der Waals surface area (Å²) in [4.78, 5) is 29.5. The van der Waals surface area contributed by atoms with Crippen molar-refractivity contribution in [3.63, 3.8) is 0 Å². The van der Waals surface area contributed by atoms with Gasteiger partial charge in [-0.2, -0.15) is 0 Å². The lowest BCUT2D eigenvalue weighted by Crippen LogP contribution is -2.37. The van der Waals surface area contributed by atoms with Gasteiger partial charge in [-0.15, -0.1) is 11.3 Å². The van der Waals surface area contributed by atoms with Gasteiger partial charge in [0.25, 0.3) is 11.6 Å². The Hall–Kier alpha value is -2.71. The van der Waals surface area contributed by atoms with Crippen molar-refractivity contribution < 1.29 is 14.1 Å². The molecule has 4 rings (SSSR count). The maximum atomic E-state index is 12.4. The molecule has 3 heterocycles. The fourth-order valence-corrected chi connectivity index (χ4v) is 4.50. The molecule has 9 heteroatoms. The zero-order valence-electron chi connectivity index (χ0n) is 14.7. The number of carbonyl (C=O) groups excluding carboxylic acids is 1. The number of aromatic nitrogens is 1. The Morgan fingerprint density at radius 2 is 2.11 bits per heavy atom. The van der Waals surface area contributed by atoms with E-state index in [0.717, 1.165) is 17.8 Å². The lowest BCUT2D eigenvalue weighted by molar-refractivity contribution is -0.384. The summed E-state index contributed by atoms with van der Waals surface area (Å²) in [5.41, 5.74) is 1.82. The van der Waals surface area contributed by atoms with Gasteiger partial charge in [0, 0.05) is 36.0 Å². The number of halogens is 1. The number of amides is 1. The standard InChI is InChI=1S/C19H16ClN3O4S/c20-15-2-1-13(9-17(15)23(25)26)16-11-28-18(21-16)12-3-6-22(7-4-12)19(24)14-5-8-27-10-14/h1-2,5,8-12H,3-4,6-7H2. The van der Waals surface area contributed by atoms with E-state index < -0.39 is 4.92 Å². The molecule has 0 spiro atoms. The predicted molar refractivity (Wildman–Crippen MR) is 106 cm³/mol. The van der Waals surface area contributed by atoms with Crippen LogP contribution in [0.3, 0.4) is 0 Å². The first-order chi connectivity index (χ1) is 13.5. The lowest BCUT2D eigenvalue weighted by Gasteiger charge is -2.30. The minimum absolute atomic E-state index is 0.0134. The monoisotopic (exact) mass is 417 g/mol. The van der Waals surface area contributed by atoms with Crippen LogP contribution in [0.25, 0.3) is 11.3 Å². The molecule has 144 valence electrons. The molecule has 0 saturated carbocycles. The largest absolute Gasteiger partial charge is 0.472 e. The third-order valence-electron chi connectivity index (χ3n) is 4.86. The number of nitrogens with zero attached hydrogens (tertiary/aromatic N) is 3. The van der Waals surface area contributed by atoms with E-state index >= 15 is 0 Å². The van der Waals surface area contributed by atoms with Gasteiger partial charge in [0.05, 0.1) is 27.5 Å². The summed E-state index contributed by atoms with van der Waals surface area (Å²) in [6.45, 7) is 1.33. The minimum Gasteiger partial charge on any atom is -0.472 e. The second-order valence-corrected chi connectivity index (χ2v) is 7.87. The molecule has 0 unspecified atom stereocenters. The molecule has 7 nitrogen and oxygen atoms in total. The molecule has 0 N–H and O–H groups in total. The van der Waals surface area contributed by atoms with Crippen molar-refractivity contribution in [3.8, 4) is 11.3 Å². The quantitative estimate of drug-likeness (QED) is 0.441. The maximum Gasteiger partial charge on any atom is 0.288 e. The third-order valence-corrected chi connectivity index (χ3v) is 6.19. The van der Waals surface area contributed by atoms with Crippen LogP contribution in [-0.2, 0) is 0 Å². The van der Waals surface area contributed by atoms with Crippen LogP contribution in [0.1, 0.15) is 34.1 Å². The Bertz CT molecular complexity index is 1010. The number of hydrogen-bond donors (Lipinski definition) is 0. The molecule has 1 aliphatic rings. The maximum absolute atomic E-state index is 12.4. The van der Waals surface area contributed by atoms with Gasteiger partial charge in [0.15, 0.2) is 0 Å². The molecule has 0 atom stereocenters.